The first-order chi connectivity index (χ1) is 11.1. The summed E-state index contributed by atoms with van der Waals surface area (Å²) in [5.41, 5.74) is 0. The molecule has 0 bridgehead atoms. The molecule has 0 aliphatic heterocycles. The Morgan fingerprint density at radius 1 is 0.870 bits per heavy atom. The molecule has 0 fully saturated rings. The van der Waals surface area contributed by atoms with Crippen molar-refractivity contribution in [3.8, 4) is 0 Å². The first kappa shape index (κ1) is 19.0. The third kappa shape index (κ3) is 3.70. The number of carbonyl (C=O) groups is 1. The van der Waals surface area contributed by atoms with Crippen LogP contribution in [0.5, 0.6) is 0 Å². The van der Waals surface area contributed by atoms with E-state index in [4.69, 9.17) is 0 Å². The van der Waals surface area contributed by atoms with E-state index < -0.39 is 32.6 Å². The summed E-state index contributed by atoms with van der Waals surface area (Å²) in [6.07, 6.45) is 21.9. The fourth-order valence-electron chi connectivity index (χ4n) is 3.08. The molecule has 0 aromatic heterocycles. The molecule has 0 saturated carbocycles. The fraction of sp³-hybridized carbons (Fsp3) is 0.550. The van der Waals surface area contributed by atoms with Gasteiger partial charge in [0.1, 0.15) is 0 Å². The van der Waals surface area contributed by atoms with Crippen molar-refractivity contribution in [1.29, 1.82) is 0 Å². The van der Waals surface area contributed by atoms with Gasteiger partial charge in [-0.25, -0.2) is 0 Å². The maximum atomic E-state index is 12.9. The number of amides is 1. The number of carbonyl (C=O) groups excluding carboxylic acids is 1. The van der Waals surface area contributed by atoms with Crippen LogP contribution < -0.4 is 1.75 Å². The average molecular weight is 463 g/mol. The van der Waals surface area contributed by atoms with E-state index in [2.05, 4.69) is 78.1 Å². The van der Waals surface area contributed by atoms with Gasteiger partial charge < -0.3 is 0 Å². The van der Waals surface area contributed by atoms with E-state index in [9.17, 15) is 4.79 Å². The first-order valence-electron chi connectivity index (χ1n) is 8.72. The number of allylic oxidation sites excluding steroid dienone is 8. The molecule has 0 unspecified atom stereocenters. The molecule has 131 valence electrons. The fourth-order valence-corrected chi connectivity index (χ4v) is 10.3. The van der Waals surface area contributed by atoms with Crippen LogP contribution in [0.2, 0.25) is 2.90 Å². The molecule has 0 atom stereocenters. The zero-order chi connectivity index (χ0) is 16.9. The zero-order valence-corrected chi connectivity index (χ0v) is 16.8. The van der Waals surface area contributed by atoms with Crippen LogP contribution in [-0.2, 0) is 4.79 Å². The number of nitrogens with one attached hydrogen (secondary N) is 1. The Bertz CT molecular complexity index is 480. The van der Waals surface area contributed by atoms with Gasteiger partial charge in [0, 0.05) is 0 Å². The van der Waals surface area contributed by atoms with Gasteiger partial charge in [0.15, 0.2) is 0 Å². The van der Waals surface area contributed by atoms with E-state index in [0.717, 1.165) is 25.7 Å². The molecule has 0 saturated heterocycles. The van der Waals surface area contributed by atoms with Gasteiger partial charge in [0.25, 0.3) is 0 Å². The Balaban J connectivity index is 2.38. The first-order valence-corrected chi connectivity index (χ1v) is 11.8. The van der Waals surface area contributed by atoms with Crippen molar-refractivity contribution >= 4 is 5.91 Å². The van der Waals surface area contributed by atoms with Gasteiger partial charge in [0.2, 0.25) is 0 Å². The van der Waals surface area contributed by atoms with Crippen molar-refractivity contribution in [3.05, 3.63) is 48.6 Å². The molecular weight excluding hydrogens is 433 g/mol. The third-order valence-electron chi connectivity index (χ3n) is 4.82. The van der Waals surface area contributed by atoms with Gasteiger partial charge in [0.05, 0.1) is 0 Å². The summed E-state index contributed by atoms with van der Waals surface area (Å²) < 4.78 is 3.71. The quantitative estimate of drug-likeness (QED) is 0.509. The molecule has 0 radical (unpaired) electrons. The van der Waals surface area contributed by atoms with Crippen molar-refractivity contribution in [2.75, 3.05) is 0 Å². The molecule has 2 rings (SSSR count). The predicted molar refractivity (Wildman–Crippen MR) is 94.7 cm³/mol. The molecule has 0 heterocycles. The van der Waals surface area contributed by atoms with Crippen LogP contribution in [0, 0.1) is 38.6 Å². The third-order valence-corrected chi connectivity index (χ3v) is 12.4. The molecular formula is C20H30DyNO. The summed E-state index contributed by atoms with van der Waals surface area (Å²) in [6, 6.07) is 0. The normalized spacial score (nSPS) is 20.5. The second-order valence-electron chi connectivity index (χ2n) is 6.08. The monoisotopic (exact) mass is 464 g/mol. The van der Waals surface area contributed by atoms with Crippen LogP contribution in [0.25, 0.3) is 0 Å². The van der Waals surface area contributed by atoms with Crippen LogP contribution in [0.3, 0.4) is 0 Å². The Kier molecular flexibility index (Phi) is 6.78. The summed E-state index contributed by atoms with van der Waals surface area (Å²) >= 11 is -1.93. The van der Waals surface area contributed by atoms with E-state index in [-0.39, 0.29) is 14.7 Å². The van der Waals surface area contributed by atoms with E-state index in [1.54, 1.807) is 0 Å². The maximum absolute atomic E-state index is 12.9. The van der Waals surface area contributed by atoms with Crippen LogP contribution in [0.1, 0.15) is 53.4 Å². The van der Waals surface area contributed by atoms with Gasteiger partial charge >= 0.3 is 156 Å². The minimum atomic E-state index is -1.93. The standard InChI is InChI=1S/2C7H9.C6H13NO.Dy/c2*1-2-7-5-3-4-6-7;1-3-5(4-2)6(7)8;/h2*3-6H,2H2,1H3;5H,3-4H2,1-2H3,(H2,7,8);/q;;;+1/p-1. The Hall–Kier alpha value is -0.297. The average Bonchev–Trinajstić information content (AvgIpc) is 3.24. The molecule has 2 aliphatic rings. The van der Waals surface area contributed by atoms with E-state index >= 15 is 0 Å². The van der Waals surface area contributed by atoms with Crippen molar-refractivity contribution in [2.45, 2.75) is 56.3 Å². The van der Waals surface area contributed by atoms with Crippen molar-refractivity contribution < 1.29 is 37.4 Å². The summed E-state index contributed by atoms with van der Waals surface area (Å²) in [7, 11) is 0. The van der Waals surface area contributed by atoms with Crippen LogP contribution in [0.15, 0.2) is 48.6 Å². The molecule has 23 heavy (non-hydrogen) atoms. The van der Waals surface area contributed by atoms with Gasteiger partial charge in [-0.15, -0.1) is 0 Å². The second-order valence-corrected chi connectivity index (χ2v) is 11.9. The predicted octanol–water partition coefficient (Wildman–Crippen LogP) is 5.46. The number of rotatable bonds is 8. The topological polar surface area (TPSA) is 29.1 Å². The molecule has 3 heteroatoms. The molecule has 0 spiro atoms. The molecule has 2 nitrogen and oxygen atoms in total. The van der Waals surface area contributed by atoms with Crippen molar-refractivity contribution in [2.24, 2.45) is 5.92 Å². The molecule has 2 aliphatic carbocycles. The van der Waals surface area contributed by atoms with Crippen LogP contribution in [0.4, 0.5) is 0 Å². The summed E-state index contributed by atoms with van der Waals surface area (Å²) in [6.45, 7) is 8.73. The summed E-state index contributed by atoms with van der Waals surface area (Å²) in [5.74, 6) is 0.408. The Morgan fingerprint density at radius 3 is 1.57 bits per heavy atom. The number of hydrogen-bond donors (Lipinski definition) is 1. The van der Waals surface area contributed by atoms with Gasteiger partial charge in [-0.3, -0.25) is 0 Å². The van der Waals surface area contributed by atoms with E-state index in [1.165, 1.54) is 0 Å². The van der Waals surface area contributed by atoms with E-state index in [0.29, 0.717) is 0 Å². The minimum absolute atomic E-state index is 0.0569. The second kappa shape index (κ2) is 8.19. The molecule has 0 aromatic carbocycles. The van der Waals surface area contributed by atoms with Gasteiger partial charge in [-0.05, 0) is 0 Å². The van der Waals surface area contributed by atoms with Crippen LogP contribution >= 0.6 is 0 Å². The summed E-state index contributed by atoms with van der Waals surface area (Å²) in [4.78, 5) is 12.9. The zero-order valence-electron chi connectivity index (χ0n) is 14.7. The van der Waals surface area contributed by atoms with Crippen molar-refractivity contribution in [3.63, 3.8) is 0 Å². The SMILES string of the molecule is CCC(CC)C(=O)[NH][Dy]([C]1(CC)C=CC=C1)[C]1(CC)C=CC=C1. The van der Waals surface area contributed by atoms with Crippen molar-refractivity contribution in [1.82, 2.24) is 1.75 Å². The van der Waals surface area contributed by atoms with E-state index in [1.807, 2.05) is 0 Å². The summed E-state index contributed by atoms with van der Waals surface area (Å²) in [5, 5.41) is 0. The molecule has 0 aromatic rings. The number of hydrogen-bond acceptors (Lipinski definition) is 1. The Labute approximate surface area is 154 Å². The van der Waals surface area contributed by atoms with Gasteiger partial charge in [-0.2, -0.15) is 0 Å². The molecule has 1 amide bonds. The van der Waals surface area contributed by atoms with Gasteiger partial charge in [-0.1, -0.05) is 0 Å². The van der Waals surface area contributed by atoms with Crippen LogP contribution in [-0.4, -0.2) is 5.91 Å². The molecule has 1 N–H and O–H groups in total. The Morgan fingerprint density at radius 2 is 1.26 bits per heavy atom.